The van der Waals surface area contributed by atoms with Crippen molar-refractivity contribution in [1.82, 2.24) is 4.98 Å². The standard InChI is InChI=1S/C12H7N3/c1-2-10-4-6-14-15-8-12(10)11-7-13-5-3-9(1)11/h1-5,7-8H. The highest BCUT2D eigenvalue weighted by Crippen LogP contribution is 2.21. The van der Waals surface area contributed by atoms with Crippen molar-refractivity contribution in [2.45, 2.75) is 0 Å². The molecular weight excluding hydrogens is 186 g/mol. The Morgan fingerprint density at radius 3 is 3.13 bits per heavy atom. The van der Waals surface area contributed by atoms with Crippen LogP contribution in [-0.4, -0.2) is 17.1 Å². The molecule has 3 nitrogen and oxygen atoms in total. The van der Waals surface area contributed by atoms with Gasteiger partial charge in [0.2, 0.25) is 0 Å². The molecule has 0 atom stereocenters. The second-order valence-corrected chi connectivity index (χ2v) is 3.28. The minimum Gasteiger partial charge on any atom is -0.264 e. The SMILES string of the molecule is C1=Cc2ccc3ccncc3c2C=NN=1. The van der Waals surface area contributed by atoms with Crippen molar-refractivity contribution in [3.63, 3.8) is 0 Å². The Bertz CT molecular complexity index is 620. The number of fused-ring (bicyclic) bond motifs is 3. The first kappa shape index (κ1) is 8.09. The van der Waals surface area contributed by atoms with Crippen molar-refractivity contribution in [3.8, 4) is 0 Å². The Morgan fingerprint density at radius 1 is 1.13 bits per heavy atom. The van der Waals surface area contributed by atoms with Gasteiger partial charge in [-0.3, -0.25) is 4.98 Å². The van der Waals surface area contributed by atoms with Crippen LogP contribution in [0, 0.1) is 0 Å². The summed E-state index contributed by atoms with van der Waals surface area (Å²) >= 11 is 0. The molecule has 0 N–H and O–H groups in total. The number of pyridine rings is 1. The van der Waals surface area contributed by atoms with Crippen LogP contribution in [0.5, 0.6) is 0 Å². The molecule has 0 radical (unpaired) electrons. The van der Waals surface area contributed by atoms with E-state index >= 15 is 0 Å². The summed E-state index contributed by atoms with van der Waals surface area (Å²) in [6.07, 6.45) is 7.21. The van der Waals surface area contributed by atoms with Gasteiger partial charge in [0.25, 0.3) is 0 Å². The van der Waals surface area contributed by atoms with Crippen LogP contribution in [-0.2, 0) is 0 Å². The average Bonchev–Trinajstić information content (AvgIpc) is 2.54. The highest BCUT2D eigenvalue weighted by molar-refractivity contribution is 6.05. The first-order valence-corrected chi connectivity index (χ1v) is 4.64. The second-order valence-electron chi connectivity index (χ2n) is 3.28. The quantitative estimate of drug-likeness (QED) is 0.632. The number of hydrogen-bond donors (Lipinski definition) is 0. The molecule has 1 aromatic heterocycles. The molecule has 0 bridgehead atoms. The van der Waals surface area contributed by atoms with Crippen LogP contribution in [0.3, 0.4) is 0 Å². The third-order valence-corrected chi connectivity index (χ3v) is 2.42. The molecule has 2 aromatic rings. The van der Waals surface area contributed by atoms with Crippen LogP contribution in [0.2, 0.25) is 0 Å². The summed E-state index contributed by atoms with van der Waals surface area (Å²) in [5.74, 6) is 2.75. The number of rotatable bonds is 0. The third-order valence-electron chi connectivity index (χ3n) is 2.42. The monoisotopic (exact) mass is 193 g/mol. The maximum absolute atomic E-state index is 4.13. The summed E-state index contributed by atoms with van der Waals surface area (Å²) in [5.41, 5.74) is 2.12. The number of hydrogen-bond acceptors (Lipinski definition) is 3. The Labute approximate surface area is 86.5 Å². The van der Waals surface area contributed by atoms with Gasteiger partial charge in [0.15, 0.2) is 0 Å². The first-order chi connectivity index (χ1) is 7.45. The summed E-state index contributed by atoms with van der Waals surface area (Å²) in [5, 5.41) is 9.88. The first-order valence-electron chi connectivity index (χ1n) is 4.64. The molecule has 2 heterocycles. The van der Waals surface area contributed by atoms with Crippen LogP contribution in [0.15, 0.2) is 40.8 Å². The zero-order valence-electron chi connectivity index (χ0n) is 7.88. The van der Waals surface area contributed by atoms with Gasteiger partial charge in [0, 0.05) is 35.3 Å². The van der Waals surface area contributed by atoms with E-state index in [1.807, 2.05) is 24.4 Å². The molecule has 0 unspecified atom stereocenters. The smallest absolute Gasteiger partial charge is 0.0588 e. The summed E-state index contributed by atoms with van der Waals surface area (Å²) in [6, 6.07) is 6.09. The van der Waals surface area contributed by atoms with E-state index in [1.54, 1.807) is 12.4 Å². The molecule has 1 aliphatic rings. The van der Waals surface area contributed by atoms with Gasteiger partial charge in [-0.2, -0.15) is 0 Å². The molecule has 3 rings (SSSR count). The summed E-state index contributed by atoms with van der Waals surface area (Å²) in [4.78, 5) is 4.13. The second kappa shape index (κ2) is 3.15. The van der Waals surface area contributed by atoms with Gasteiger partial charge in [-0.1, -0.05) is 12.1 Å². The highest BCUT2D eigenvalue weighted by Gasteiger charge is 2.04. The van der Waals surface area contributed by atoms with E-state index in [0.717, 1.165) is 21.9 Å². The van der Waals surface area contributed by atoms with Crippen LogP contribution < -0.4 is 0 Å². The van der Waals surface area contributed by atoms with E-state index in [1.165, 1.54) is 0 Å². The van der Waals surface area contributed by atoms with Crippen molar-refractivity contribution in [2.24, 2.45) is 10.2 Å². The van der Waals surface area contributed by atoms with Gasteiger partial charge in [-0.25, -0.2) is 0 Å². The Kier molecular flexibility index (Phi) is 1.70. The molecule has 15 heavy (non-hydrogen) atoms. The van der Waals surface area contributed by atoms with Crippen LogP contribution in [0.1, 0.15) is 11.1 Å². The van der Waals surface area contributed by atoms with Gasteiger partial charge in [0.05, 0.1) is 6.21 Å². The lowest BCUT2D eigenvalue weighted by Gasteiger charge is -2.03. The third kappa shape index (κ3) is 1.26. The fraction of sp³-hybridized carbons (Fsp3) is 0. The molecule has 0 fully saturated rings. The minimum absolute atomic E-state index is 1.05. The van der Waals surface area contributed by atoms with Crippen LogP contribution >= 0.6 is 0 Å². The van der Waals surface area contributed by atoms with Crippen molar-refractivity contribution in [2.75, 3.05) is 0 Å². The van der Waals surface area contributed by atoms with Gasteiger partial charge in [-0.05, 0) is 17.0 Å². The van der Waals surface area contributed by atoms with E-state index < -0.39 is 0 Å². The maximum atomic E-state index is 4.13. The van der Waals surface area contributed by atoms with Crippen molar-refractivity contribution in [3.05, 3.63) is 41.7 Å². The zero-order chi connectivity index (χ0) is 10.1. The molecular formula is C12H7N3. The van der Waals surface area contributed by atoms with E-state index in [9.17, 15) is 0 Å². The minimum atomic E-state index is 1.05. The fourth-order valence-corrected chi connectivity index (χ4v) is 1.69. The van der Waals surface area contributed by atoms with E-state index in [2.05, 4.69) is 27.1 Å². The van der Waals surface area contributed by atoms with Gasteiger partial charge >= 0.3 is 0 Å². The lowest BCUT2D eigenvalue weighted by molar-refractivity contribution is 1.28. The normalized spacial score (nSPS) is 12.8. The van der Waals surface area contributed by atoms with Gasteiger partial charge in [-0.15, -0.1) is 10.2 Å². The van der Waals surface area contributed by atoms with E-state index in [-0.39, 0.29) is 0 Å². The molecule has 0 spiro atoms. The highest BCUT2D eigenvalue weighted by atomic mass is 15.2. The maximum Gasteiger partial charge on any atom is 0.0588 e. The molecule has 0 amide bonds. The van der Waals surface area contributed by atoms with E-state index in [4.69, 9.17) is 0 Å². The van der Waals surface area contributed by atoms with Gasteiger partial charge < -0.3 is 0 Å². The average molecular weight is 193 g/mol. The molecule has 3 heteroatoms. The molecule has 0 aliphatic carbocycles. The molecule has 70 valence electrons. The molecule has 0 saturated heterocycles. The van der Waals surface area contributed by atoms with Crippen LogP contribution in [0.4, 0.5) is 0 Å². The zero-order valence-corrected chi connectivity index (χ0v) is 7.88. The molecule has 1 aromatic carbocycles. The number of aromatic nitrogens is 1. The topological polar surface area (TPSA) is 37.6 Å². The van der Waals surface area contributed by atoms with Crippen molar-refractivity contribution < 1.29 is 0 Å². The Hall–Kier alpha value is -2.25. The summed E-state index contributed by atoms with van der Waals surface area (Å²) in [7, 11) is 0. The lowest BCUT2D eigenvalue weighted by Crippen LogP contribution is -1.89. The summed E-state index contributed by atoms with van der Waals surface area (Å²) < 4.78 is 0. The number of benzene rings is 1. The Balaban J connectivity index is 2.45. The molecule has 1 aliphatic heterocycles. The Morgan fingerprint density at radius 2 is 2.13 bits per heavy atom. The largest absolute Gasteiger partial charge is 0.264 e. The van der Waals surface area contributed by atoms with E-state index in [0.29, 0.717) is 0 Å². The molecule has 0 saturated carbocycles. The van der Waals surface area contributed by atoms with Crippen molar-refractivity contribution in [1.29, 1.82) is 0 Å². The lowest BCUT2D eigenvalue weighted by atomic mass is 10.0. The number of nitrogens with zero attached hydrogens (tertiary/aromatic N) is 3. The van der Waals surface area contributed by atoms with Crippen LogP contribution in [0.25, 0.3) is 16.8 Å². The predicted octanol–water partition coefficient (Wildman–Crippen LogP) is 2.27. The fourth-order valence-electron chi connectivity index (χ4n) is 1.69. The summed E-state index contributed by atoms with van der Waals surface area (Å²) in [6.45, 7) is 0. The van der Waals surface area contributed by atoms with Crippen molar-refractivity contribution >= 4 is 28.9 Å². The van der Waals surface area contributed by atoms with Gasteiger partial charge in [0.1, 0.15) is 0 Å². The predicted molar refractivity (Wildman–Crippen MR) is 61.2 cm³/mol.